The maximum atomic E-state index is 13.4. The quantitative estimate of drug-likeness (QED) is 0.403. The van der Waals surface area contributed by atoms with Gasteiger partial charge in [0.05, 0.1) is 48.0 Å². The average Bonchev–Trinajstić information content (AvgIpc) is 3.23. The van der Waals surface area contributed by atoms with E-state index in [9.17, 15) is 24.9 Å². The fraction of sp³-hybridized carbons (Fsp3) is 0.741. The van der Waals surface area contributed by atoms with Crippen molar-refractivity contribution in [1.82, 2.24) is 4.98 Å². The Hall–Kier alpha value is -1.65. The van der Waals surface area contributed by atoms with Crippen molar-refractivity contribution in [3.63, 3.8) is 0 Å². The van der Waals surface area contributed by atoms with E-state index in [0.29, 0.717) is 23.5 Å². The van der Waals surface area contributed by atoms with Gasteiger partial charge in [-0.25, -0.2) is 4.98 Å². The van der Waals surface area contributed by atoms with Gasteiger partial charge in [-0.3, -0.25) is 9.59 Å². The minimum atomic E-state index is -1.25. The van der Waals surface area contributed by atoms with Crippen molar-refractivity contribution in [3.8, 4) is 0 Å². The number of aliphatic hydroxyl groups excluding tert-OH is 3. The Morgan fingerprint density at radius 2 is 1.97 bits per heavy atom. The van der Waals surface area contributed by atoms with Gasteiger partial charge in [0.2, 0.25) is 0 Å². The summed E-state index contributed by atoms with van der Waals surface area (Å²) in [6.45, 7) is 8.98. The molecule has 3 rings (SSSR count). The van der Waals surface area contributed by atoms with Gasteiger partial charge in [0.1, 0.15) is 16.9 Å². The average molecular weight is 524 g/mol. The molecule has 2 saturated heterocycles. The highest BCUT2D eigenvalue weighted by molar-refractivity contribution is 7.09. The van der Waals surface area contributed by atoms with Gasteiger partial charge in [-0.15, -0.1) is 11.3 Å². The van der Waals surface area contributed by atoms with Gasteiger partial charge < -0.3 is 24.8 Å². The Morgan fingerprint density at radius 3 is 2.61 bits per heavy atom. The van der Waals surface area contributed by atoms with E-state index in [0.717, 1.165) is 19.3 Å². The lowest BCUT2D eigenvalue weighted by Gasteiger charge is -2.35. The van der Waals surface area contributed by atoms with E-state index in [2.05, 4.69) is 4.98 Å². The van der Waals surface area contributed by atoms with Crippen molar-refractivity contribution in [3.05, 3.63) is 22.2 Å². The van der Waals surface area contributed by atoms with Gasteiger partial charge in [0, 0.05) is 17.7 Å². The van der Waals surface area contributed by atoms with Gasteiger partial charge in [-0.1, -0.05) is 34.1 Å². The van der Waals surface area contributed by atoms with Gasteiger partial charge in [0.15, 0.2) is 0 Å². The van der Waals surface area contributed by atoms with Crippen LogP contribution in [0.2, 0.25) is 0 Å². The topological polar surface area (TPSA) is 129 Å². The summed E-state index contributed by atoms with van der Waals surface area (Å²) in [5.41, 5.74) is -0.883. The van der Waals surface area contributed by atoms with Crippen LogP contribution in [0.25, 0.3) is 6.08 Å². The molecule has 2 aliphatic rings. The molecule has 2 fully saturated rings. The fourth-order valence-corrected chi connectivity index (χ4v) is 5.68. The summed E-state index contributed by atoms with van der Waals surface area (Å²) < 4.78 is 11.7. The monoisotopic (exact) mass is 523 g/mol. The lowest BCUT2D eigenvalue weighted by molar-refractivity contribution is -0.154. The molecule has 1 aromatic heterocycles. The lowest BCUT2D eigenvalue weighted by atomic mass is 9.71. The van der Waals surface area contributed by atoms with Gasteiger partial charge in [0.25, 0.3) is 0 Å². The van der Waals surface area contributed by atoms with Gasteiger partial charge >= 0.3 is 5.97 Å². The van der Waals surface area contributed by atoms with Crippen molar-refractivity contribution < 1.29 is 34.4 Å². The summed E-state index contributed by atoms with van der Waals surface area (Å²) >= 11 is 1.35. The third kappa shape index (κ3) is 6.81. The SMILES string of the molecule is CC[C@H]1C(=O)C(C)(C)[C@@H](O)CC(=O)O[C@H](C=Cc2csc(CO)n2)C[C@@H]2O[C@]2(C)CCC[C@H](C)[C@@H]1O. The van der Waals surface area contributed by atoms with E-state index in [4.69, 9.17) is 9.47 Å². The number of cyclic esters (lactones) is 1. The molecule has 8 nitrogen and oxygen atoms in total. The number of aliphatic hydroxyl groups is 3. The van der Waals surface area contributed by atoms with Crippen LogP contribution in [-0.2, 0) is 25.7 Å². The van der Waals surface area contributed by atoms with E-state index in [-0.39, 0.29) is 36.4 Å². The number of esters is 1. The van der Waals surface area contributed by atoms with E-state index in [1.807, 2.05) is 26.2 Å². The number of hydrogen-bond acceptors (Lipinski definition) is 9. The third-order valence-corrected chi connectivity index (χ3v) is 8.74. The molecule has 3 heterocycles. The molecule has 9 heteroatoms. The van der Waals surface area contributed by atoms with Crippen molar-refractivity contribution >= 4 is 29.2 Å². The molecule has 0 unspecified atom stereocenters. The summed E-state index contributed by atoms with van der Waals surface area (Å²) in [7, 11) is 0. The number of fused-ring (bicyclic) bond motifs is 1. The number of nitrogens with zero attached hydrogens (tertiary/aromatic N) is 1. The van der Waals surface area contributed by atoms with Crippen LogP contribution in [0.5, 0.6) is 0 Å². The maximum absolute atomic E-state index is 13.4. The Bertz CT molecular complexity index is 944. The first kappa shape index (κ1) is 28.9. The molecule has 0 saturated carbocycles. The third-order valence-electron chi connectivity index (χ3n) is 7.88. The Morgan fingerprint density at radius 1 is 1.25 bits per heavy atom. The molecule has 7 atom stereocenters. The highest BCUT2D eigenvalue weighted by Gasteiger charge is 2.52. The van der Waals surface area contributed by atoms with Crippen LogP contribution in [-0.4, -0.2) is 62.1 Å². The zero-order valence-electron chi connectivity index (χ0n) is 22.0. The number of epoxide rings is 1. The van der Waals surface area contributed by atoms with Crippen molar-refractivity contribution in [2.45, 2.75) is 110 Å². The highest BCUT2D eigenvalue weighted by atomic mass is 32.1. The van der Waals surface area contributed by atoms with Crippen molar-refractivity contribution in [2.24, 2.45) is 17.3 Å². The van der Waals surface area contributed by atoms with Crippen LogP contribution in [0.3, 0.4) is 0 Å². The minimum absolute atomic E-state index is 0.0804. The van der Waals surface area contributed by atoms with E-state index >= 15 is 0 Å². The first-order chi connectivity index (χ1) is 16.9. The first-order valence-electron chi connectivity index (χ1n) is 12.9. The molecule has 3 N–H and O–H groups in total. The Kier molecular flexibility index (Phi) is 9.49. The zero-order chi connectivity index (χ0) is 26.7. The van der Waals surface area contributed by atoms with Crippen LogP contribution in [0, 0.1) is 17.3 Å². The molecule has 1 aromatic rings. The van der Waals surface area contributed by atoms with Gasteiger partial charge in [-0.05, 0) is 44.3 Å². The molecule has 0 spiro atoms. The summed E-state index contributed by atoms with van der Waals surface area (Å²) in [5.74, 6) is -1.55. The van der Waals surface area contributed by atoms with E-state index in [1.165, 1.54) is 11.3 Å². The second-order valence-corrected chi connectivity index (χ2v) is 12.0. The lowest BCUT2D eigenvalue weighted by Crippen LogP contribution is -2.46. The normalized spacial score (nSPS) is 36.4. The predicted molar refractivity (Wildman–Crippen MR) is 137 cm³/mol. The second kappa shape index (κ2) is 11.8. The van der Waals surface area contributed by atoms with Crippen LogP contribution < -0.4 is 0 Å². The van der Waals surface area contributed by atoms with Crippen molar-refractivity contribution in [2.75, 3.05) is 0 Å². The summed E-state index contributed by atoms with van der Waals surface area (Å²) in [6.07, 6.45) is 3.76. The number of Topliss-reactive ketones (excluding diaryl/α,β-unsaturated/α-hetero) is 1. The Balaban J connectivity index is 1.82. The largest absolute Gasteiger partial charge is 0.458 e. The number of ketones is 1. The van der Waals surface area contributed by atoms with Crippen LogP contribution in [0.1, 0.15) is 83.8 Å². The number of rotatable bonds is 4. The molecular formula is C27H41NO7S. The molecule has 0 radical (unpaired) electrons. The van der Waals surface area contributed by atoms with Crippen LogP contribution >= 0.6 is 11.3 Å². The number of ether oxygens (including phenoxy) is 2. The second-order valence-electron chi connectivity index (χ2n) is 11.0. The Labute approximate surface area is 217 Å². The van der Waals surface area contributed by atoms with E-state index < -0.39 is 35.6 Å². The number of aromatic nitrogens is 1. The minimum Gasteiger partial charge on any atom is -0.458 e. The first-order valence-corrected chi connectivity index (χ1v) is 13.8. The molecule has 0 bridgehead atoms. The maximum Gasteiger partial charge on any atom is 0.309 e. The van der Waals surface area contributed by atoms with Crippen LogP contribution in [0.15, 0.2) is 11.5 Å². The summed E-state index contributed by atoms with van der Waals surface area (Å²) in [6, 6.07) is 0. The molecule has 36 heavy (non-hydrogen) atoms. The van der Waals surface area contributed by atoms with Crippen LogP contribution in [0.4, 0.5) is 0 Å². The summed E-state index contributed by atoms with van der Waals surface area (Å²) in [5, 5.41) is 33.6. The predicted octanol–water partition coefficient (Wildman–Crippen LogP) is 3.66. The number of carbonyl (C=O) groups is 2. The summed E-state index contributed by atoms with van der Waals surface area (Å²) in [4.78, 5) is 30.6. The standard InChI is InChI=1S/C27H41NO7S/c1-6-19-24(32)16(2)8-7-11-27(5)21(35-27)12-18(10-9-17-15-36-22(14-29)28-17)34-23(31)13-20(30)26(3,4)25(19)33/h9-10,15-16,18-21,24,29-30,32H,6-8,11-14H2,1-5H3/t16-,18+,19+,20-,21-,24-,27+/m0/s1. The molecular weight excluding hydrogens is 482 g/mol. The number of hydrogen-bond donors (Lipinski definition) is 3. The molecule has 0 amide bonds. The number of carbonyl (C=O) groups excluding carboxylic acids is 2. The smallest absolute Gasteiger partial charge is 0.309 e. The molecule has 0 aliphatic carbocycles. The zero-order valence-corrected chi connectivity index (χ0v) is 22.8. The van der Waals surface area contributed by atoms with Crippen molar-refractivity contribution in [1.29, 1.82) is 0 Å². The molecule has 0 aromatic carbocycles. The highest BCUT2D eigenvalue weighted by Crippen LogP contribution is 2.44. The molecule has 202 valence electrons. The van der Waals surface area contributed by atoms with Gasteiger partial charge in [-0.2, -0.15) is 0 Å². The fourth-order valence-electron chi connectivity index (χ4n) is 5.06. The number of thiazole rings is 1. The van der Waals surface area contributed by atoms with E-state index in [1.54, 1.807) is 26.0 Å². The molecule has 2 aliphatic heterocycles.